The molecule has 1 aromatic carbocycles. The second-order valence-corrected chi connectivity index (χ2v) is 6.12. The zero-order chi connectivity index (χ0) is 18.9. The number of pyridine rings is 1. The van der Waals surface area contributed by atoms with Gasteiger partial charge in [-0.05, 0) is 25.7 Å². The van der Waals surface area contributed by atoms with Gasteiger partial charge in [-0.3, -0.25) is 4.98 Å². The van der Waals surface area contributed by atoms with Crippen LogP contribution in [0.15, 0.2) is 42.7 Å². The quantitative estimate of drug-likeness (QED) is 0.786. The van der Waals surface area contributed by atoms with E-state index in [0.29, 0.717) is 30.3 Å². The van der Waals surface area contributed by atoms with Gasteiger partial charge >= 0.3 is 6.03 Å². The van der Waals surface area contributed by atoms with Crippen molar-refractivity contribution in [2.24, 2.45) is 0 Å². The molecule has 0 saturated heterocycles. The molecular formula is C19H26N4O3. The van der Waals surface area contributed by atoms with Crippen molar-refractivity contribution >= 4 is 11.7 Å². The van der Waals surface area contributed by atoms with Crippen LogP contribution in [0.2, 0.25) is 0 Å². The lowest BCUT2D eigenvalue weighted by atomic mass is 10.2. The first-order valence-corrected chi connectivity index (χ1v) is 8.34. The van der Waals surface area contributed by atoms with Crippen molar-refractivity contribution in [2.45, 2.75) is 6.54 Å². The molecule has 0 aliphatic rings. The molecule has 7 nitrogen and oxygen atoms in total. The largest absolute Gasteiger partial charge is 0.497 e. The number of urea groups is 1. The number of anilines is 1. The van der Waals surface area contributed by atoms with Gasteiger partial charge in [0.25, 0.3) is 0 Å². The molecule has 26 heavy (non-hydrogen) atoms. The highest BCUT2D eigenvalue weighted by Crippen LogP contribution is 2.26. The van der Waals surface area contributed by atoms with Crippen LogP contribution in [0, 0.1) is 0 Å². The Kier molecular flexibility index (Phi) is 7.23. The molecule has 0 unspecified atom stereocenters. The summed E-state index contributed by atoms with van der Waals surface area (Å²) < 4.78 is 10.5. The standard InChI is InChI=1S/C19H26N4O3/c1-22(2)8-9-23(14-15-6-5-7-20-13-15)19(24)21-16-10-17(25-3)12-18(11-16)26-4/h5-7,10-13H,8-9,14H2,1-4H3,(H,21,24). The number of methoxy groups -OCH3 is 2. The van der Waals surface area contributed by atoms with Crippen LogP contribution in [0.4, 0.5) is 10.5 Å². The molecule has 2 rings (SSSR count). The Morgan fingerprint density at radius 1 is 1.12 bits per heavy atom. The van der Waals surface area contributed by atoms with Gasteiger partial charge in [0.05, 0.1) is 14.2 Å². The van der Waals surface area contributed by atoms with Crippen molar-refractivity contribution < 1.29 is 14.3 Å². The van der Waals surface area contributed by atoms with Gasteiger partial charge in [-0.1, -0.05) is 6.07 Å². The molecule has 7 heteroatoms. The minimum Gasteiger partial charge on any atom is -0.497 e. The maximum atomic E-state index is 12.8. The van der Waals surface area contributed by atoms with E-state index in [0.717, 1.165) is 12.1 Å². The number of nitrogens with zero attached hydrogens (tertiary/aromatic N) is 3. The summed E-state index contributed by atoms with van der Waals surface area (Å²) in [6.45, 7) is 1.83. The van der Waals surface area contributed by atoms with Gasteiger partial charge in [0.2, 0.25) is 0 Å². The maximum Gasteiger partial charge on any atom is 0.322 e. The van der Waals surface area contributed by atoms with Crippen molar-refractivity contribution in [1.82, 2.24) is 14.8 Å². The zero-order valence-electron chi connectivity index (χ0n) is 15.7. The molecule has 2 aromatic rings. The number of nitrogens with one attached hydrogen (secondary N) is 1. The van der Waals surface area contributed by atoms with Gasteiger partial charge < -0.3 is 24.6 Å². The van der Waals surface area contributed by atoms with E-state index in [9.17, 15) is 4.79 Å². The van der Waals surface area contributed by atoms with Crippen LogP contribution in [-0.2, 0) is 6.54 Å². The van der Waals surface area contributed by atoms with E-state index in [-0.39, 0.29) is 6.03 Å². The molecule has 140 valence electrons. The highest BCUT2D eigenvalue weighted by molar-refractivity contribution is 5.89. The number of aromatic nitrogens is 1. The zero-order valence-corrected chi connectivity index (χ0v) is 15.7. The third-order valence-electron chi connectivity index (χ3n) is 3.80. The highest BCUT2D eigenvalue weighted by Gasteiger charge is 2.15. The molecule has 0 atom stereocenters. The molecule has 0 fully saturated rings. The third kappa shape index (κ3) is 5.93. The Bertz CT molecular complexity index is 685. The van der Waals surface area contributed by atoms with Crippen LogP contribution in [-0.4, -0.2) is 62.2 Å². The summed E-state index contributed by atoms with van der Waals surface area (Å²) in [6, 6.07) is 8.91. The molecule has 1 aromatic heterocycles. The molecule has 0 spiro atoms. The first-order valence-electron chi connectivity index (χ1n) is 8.34. The summed E-state index contributed by atoms with van der Waals surface area (Å²) in [5, 5.41) is 2.92. The van der Waals surface area contributed by atoms with E-state index < -0.39 is 0 Å². The summed E-state index contributed by atoms with van der Waals surface area (Å²) in [5.74, 6) is 1.23. The van der Waals surface area contributed by atoms with Crippen molar-refractivity contribution in [3.63, 3.8) is 0 Å². The molecule has 0 bridgehead atoms. The van der Waals surface area contributed by atoms with E-state index in [4.69, 9.17) is 9.47 Å². The summed E-state index contributed by atoms with van der Waals surface area (Å²) in [5.41, 5.74) is 1.59. The van der Waals surface area contributed by atoms with Gasteiger partial charge in [-0.25, -0.2) is 4.79 Å². The van der Waals surface area contributed by atoms with Crippen molar-refractivity contribution in [2.75, 3.05) is 46.7 Å². The summed E-state index contributed by atoms with van der Waals surface area (Å²) >= 11 is 0. The van der Waals surface area contributed by atoms with Crippen LogP contribution in [0.1, 0.15) is 5.56 Å². The van der Waals surface area contributed by atoms with Crippen molar-refractivity contribution in [3.05, 3.63) is 48.3 Å². The van der Waals surface area contributed by atoms with Gasteiger partial charge in [-0.15, -0.1) is 0 Å². The number of amides is 2. The Hall–Kier alpha value is -2.80. The molecule has 1 N–H and O–H groups in total. The van der Waals surface area contributed by atoms with E-state index in [1.807, 2.05) is 31.1 Å². The number of benzene rings is 1. The van der Waals surface area contributed by atoms with E-state index >= 15 is 0 Å². The van der Waals surface area contributed by atoms with Crippen LogP contribution < -0.4 is 14.8 Å². The van der Waals surface area contributed by atoms with Crippen LogP contribution in [0.25, 0.3) is 0 Å². The van der Waals surface area contributed by atoms with Crippen LogP contribution in [0.5, 0.6) is 11.5 Å². The second kappa shape index (κ2) is 9.62. The number of rotatable bonds is 8. The van der Waals surface area contributed by atoms with Crippen LogP contribution >= 0.6 is 0 Å². The molecular weight excluding hydrogens is 332 g/mol. The number of carbonyl (C=O) groups is 1. The lowest BCUT2D eigenvalue weighted by Gasteiger charge is -2.25. The van der Waals surface area contributed by atoms with Gasteiger partial charge in [0.15, 0.2) is 0 Å². The Morgan fingerprint density at radius 3 is 2.35 bits per heavy atom. The molecule has 2 amide bonds. The molecule has 0 aliphatic carbocycles. The average molecular weight is 358 g/mol. The van der Waals surface area contributed by atoms with Crippen LogP contribution in [0.3, 0.4) is 0 Å². The minimum absolute atomic E-state index is 0.189. The number of carbonyl (C=O) groups excluding carboxylic acids is 1. The fourth-order valence-electron chi connectivity index (χ4n) is 2.37. The highest BCUT2D eigenvalue weighted by atomic mass is 16.5. The second-order valence-electron chi connectivity index (χ2n) is 6.12. The first-order chi connectivity index (χ1) is 12.5. The molecule has 0 radical (unpaired) electrons. The number of likely N-dealkylation sites (N-methyl/N-ethyl adjacent to an activating group) is 1. The minimum atomic E-state index is -0.189. The number of hydrogen-bond donors (Lipinski definition) is 1. The Labute approximate surface area is 154 Å². The molecule has 0 aliphatic heterocycles. The fourth-order valence-corrected chi connectivity index (χ4v) is 2.37. The predicted octanol–water partition coefficient (Wildman–Crippen LogP) is 2.69. The normalized spacial score (nSPS) is 10.5. The third-order valence-corrected chi connectivity index (χ3v) is 3.80. The fraction of sp³-hybridized carbons (Fsp3) is 0.368. The summed E-state index contributed by atoms with van der Waals surface area (Å²) in [7, 11) is 7.11. The maximum absolute atomic E-state index is 12.8. The van der Waals surface area contributed by atoms with E-state index in [1.54, 1.807) is 49.7 Å². The van der Waals surface area contributed by atoms with Gasteiger partial charge in [0, 0.05) is 55.9 Å². The molecule has 1 heterocycles. The lowest BCUT2D eigenvalue weighted by Crippen LogP contribution is -2.39. The predicted molar refractivity (Wildman–Crippen MR) is 102 cm³/mol. The average Bonchev–Trinajstić information content (AvgIpc) is 2.65. The van der Waals surface area contributed by atoms with E-state index in [1.165, 1.54) is 0 Å². The number of hydrogen-bond acceptors (Lipinski definition) is 5. The monoisotopic (exact) mass is 358 g/mol. The van der Waals surface area contributed by atoms with Gasteiger partial charge in [0.1, 0.15) is 11.5 Å². The Morgan fingerprint density at radius 2 is 1.81 bits per heavy atom. The molecule has 0 saturated carbocycles. The first kappa shape index (κ1) is 19.5. The summed E-state index contributed by atoms with van der Waals surface area (Å²) in [6.07, 6.45) is 3.49. The smallest absolute Gasteiger partial charge is 0.322 e. The topological polar surface area (TPSA) is 66.9 Å². The van der Waals surface area contributed by atoms with Gasteiger partial charge in [-0.2, -0.15) is 0 Å². The van der Waals surface area contributed by atoms with E-state index in [2.05, 4.69) is 10.3 Å². The lowest BCUT2D eigenvalue weighted by molar-refractivity contribution is 0.202. The van der Waals surface area contributed by atoms with Crippen molar-refractivity contribution in [1.29, 1.82) is 0 Å². The van der Waals surface area contributed by atoms with Crippen molar-refractivity contribution in [3.8, 4) is 11.5 Å². The SMILES string of the molecule is COc1cc(NC(=O)N(CCN(C)C)Cc2cccnc2)cc(OC)c1. The Balaban J connectivity index is 2.14. The number of ether oxygens (including phenoxy) is 2. The summed E-state index contributed by atoms with van der Waals surface area (Å²) in [4.78, 5) is 20.7.